The number of hydrogen-bond donors (Lipinski definition) is 0. The molecule has 0 heterocycles. The van der Waals surface area contributed by atoms with Crippen LogP contribution in [-0.4, -0.2) is 13.2 Å². The van der Waals surface area contributed by atoms with Gasteiger partial charge in [-0.2, -0.15) is 0 Å². The Balaban J connectivity index is 2.49. The smallest absolute Gasteiger partial charge is 0.0596 e. The monoisotopic (exact) mass is 142 g/mol. The van der Waals surface area contributed by atoms with Gasteiger partial charge in [0.05, 0.1) is 6.10 Å². The van der Waals surface area contributed by atoms with Crippen LogP contribution in [0.3, 0.4) is 0 Å². The Kier molecular flexibility index (Phi) is 2.35. The summed E-state index contributed by atoms with van der Waals surface area (Å²) in [6.45, 7) is 4.53. The van der Waals surface area contributed by atoms with E-state index in [1.165, 1.54) is 25.7 Å². The zero-order valence-electron chi connectivity index (χ0n) is 7.31. The van der Waals surface area contributed by atoms with Gasteiger partial charge < -0.3 is 4.74 Å². The van der Waals surface area contributed by atoms with Gasteiger partial charge in [0.1, 0.15) is 0 Å². The fourth-order valence-electron chi connectivity index (χ4n) is 1.87. The van der Waals surface area contributed by atoms with E-state index in [1.54, 1.807) is 0 Å². The van der Waals surface area contributed by atoms with E-state index in [-0.39, 0.29) is 0 Å². The highest BCUT2D eigenvalue weighted by Crippen LogP contribution is 2.41. The van der Waals surface area contributed by atoms with Gasteiger partial charge in [0, 0.05) is 7.11 Å². The second-order valence-corrected chi connectivity index (χ2v) is 3.74. The van der Waals surface area contributed by atoms with Crippen LogP contribution < -0.4 is 0 Å². The van der Waals surface area contributed by atoms with Crippen LogP contribution >= 0.6 is 0 Å². The van der Waals surface area contributed by atoms with E-state index in [0.29, 0.717) is 11.5 Å². The van der Waals surface area contributed by atoms with Gasteiger partial charge >= 0.3 is 0 Å². The molecule has 0 spiro atoms. The molecule has 0 amide bonds. The lowest BCUT2D eigenvalue weighted by molar-refractivity contribution is 0.0143. The first-order valence-corrected chi connectivity index (χ1v) is 4.22. The number of rotatable bonds is 2. The van der Waals surface area contributed by atoms with Crippen molar-refractivity contribution < 1.29 is 4.74 Å². The van der Waals surface area contributed by atoms with Crippen molar-refractivity contribution >= 4 is 0 Å². The van der Waals surface area contributed by atoms with Crippen LogP contribution in [0.1, 0.15) is 39.5 Å². The molecule has 0 aliphatic heterocycles. The first-order valence-electron chi connectivity index (χ1n) is 4.22. The topological polar surface area (TPSA) is 9.23 Å². The van der Waals surface area contributed by atoms with Crippen molar-refractivity contribution in [3.63, 3.8) is 0 Å². The fraction of sp³-hybridized carbons (Fsp3) is 1.00. The van der Waals surface area contributed by atoms with Gasteiger partial charge in [-0.15, -0.1) is 0 Å². The molecule has 1 rings (SSSR count). The van der Waals surface area contributed by atoms with E-state index < -0.39 is 0 Å². The van der Waals surface area contributed by atoms with E-state index in [0.717, 1.165) is 0 Å². The highest BCUT2D eigenvalue weighted by Gasteiger charge is 2.34. The largest absolute Gasteiger partial charge is 0.381 e. The zero-order chi connectivity index (χ0) is 7.61. The minimum Gasteiger partial charge on any atom is -0.381 e. The Bertz CT molecular complexity index is 103. The van der Waals surface area contributed by atoms with Crippen molar-refractivity contribution in [3.05, 3.63) is 0 Å². The molecule has 0 aromatic rings. The van der Waals surface area contributed by atoms with Crippen molar-refractivity contribution in [2.24, 2.45) is 5.41 Å². The second-order valence-electron chi connectivity index (χ2n) is 3.74. The van der Waals surface area contributed by atoms with Gasteiger partial charge in [-0.3, -0.25) is 0 Å². The normalized spacial score (nSPS) is 26.7. The van der Waals surface area contributed by atoms with E-state index >= 15 is 0 Å². The Hall–Kier alpha value is -0.0400. The van der Waals surface area contributed by atoms with Crippen LogP contribution in [0.25, 0.3) is 0 Å². The summed E-state index contributed by atoms with van der Waals surface area (Å²) in [6, 6.07) is 0. The summed E-state index contributed by atoms with van der Waals surface area (Å²) in [5, 5.41) is 0. The molecule has 1 nitrogen and oxygen atoms in total. The fourth-order valence-corrected chi connectivity index (χ4v) is 1.87. The van der Waals surface area contributed by atoms with Crippen molar-refractivity contribution in [3.8, 4) is 0 Å². The summed E-state index contributed by atoms with van der Waals surface area (Å²) < 4.78 is 5.34. The number of methoxy groups -OCH3 is 1. The summed E-state index contributed by atoms with van der Waals surface area (Å²) >= 11 is 0. The van der Waals surface area contributed by atoms with Crippen molar-refractivity contribution in [1.82, 2.24) is 0 Å². The molecule has 1 atom stereocenters. The minimum absolute atomic E-state index is 0.440. The SMILES string of the molecule is CO[C@H](C)C1(C)CCCC1. The van der Waals surface area contributed by atoms with E-state index in [9.17, 15) is 0 Å². The average Bonchev–Trinajstić information content (AvgIpc) is 2.36. The highest BCUT2D eigenvalue weighted by molar-refractivity contribution is 4.85. The molecule has 0 radical (unpaired) electrons. The van der Waals surface area contributed by atoms with Gasteiger partial charge in [0.2, 0.25) is 0 Å². The maximum atomic E-state index is 5.34. The predicted octanol–water partition coefficient (Wildman–Crippen LogP) is 2.60. The molecule has 0 aromatic carbocycles. The van der Waals surface area contributed by atoms with E-state index in [1.807, 2.05) is 7.11 Å². The zero-order valence-corrected chi connectivity index (χ0v) is 7.31. The van der Waals surface area contributed by atoms with Gasteiger partial charge in [-0.25, -0.2) is 0 Å². The van der Waals surface area contributed by atoms with Gasteiger partial charge in [-0.05, 0) is 25.2 Å². The third-order valence-electron chi connectivity index (χ3n) is 3.08. The standard InChI is InChI=1S/C9H18O/c1-8(10-3)9(2)6-4-5-7-9/h8H,4-7H2,1-3H3/t8-/m1/s1. The minimum atomic E-state index is 0.440. The molecule has 1 heteroatoms. The van der Waals surface area contributed by atoms with Crippen LogP contribution in [0.2, 0.25) is 0 Å². The molecule has 0 aromatic heterocycles. The quantitative estimate of drug-likeness (QED) is 0.576. The van der Waals surface area contributed by atoms with Crippen molar-refractivity contribution in [1.29, 1.82) is 0 Å². The average molecular weight is 142 g/mol. The second kappa shape index (κ2) is 2.91. The molecule has 0 unspecified atom stereocenters. The van der Waals surface area contributed by atoms with Crippen molar-refractivity contribution in [2.75, 3.05) is 7.11 Å². The molecule has 10 heavy (non-hydrogen) atoms. The third-order valence-corrected chi connectivity index (χ3v) is 3.08. The lowest BCUT2D eigenvalue weighted by Crippen LogP contribution is -2.28. The summed E-state index contributed by atoms with van der Waals surface area (Å²) in [5.41, 5.74) is 0.481. The highest BCUT2D eigenvalue weighted by atomic mass is 16.5. The molecular formula is C9H18O. The van der Waals surface area contributed by atoms with Gasteiger partial charge in [-0.1, -0.05) is 19.8 Å². The van der Waals surface area contributed by atoms with Crippen LogP contribution in [0.4, 0.5) is 0 Å². The summed E-state index contributed by atoms with van der Waals surface area (Å²) in [6.07, 6.45) is 5.92. The lowest BCUT2D eigenvalue weighted by Gasteiger charge is -2.29. The Labute approximate surface area is 63.8 Å². The maximum Gasteiger partial charge on any atom is 0.0596 e. The molecule has 0 bridgehead atoms. The maximum absolute atomic E-state index is 5.34. The van der Waals surface area contributed by atoms with Crippen LogP contribution in [0.15, 0.2) is 0 Å². The Morgan fingerprint density at radius 1 is 1.30 bits per heavy atom. The Morgan fingerprint density at radius 3 is 2.20 bits per heavy atom. The molecule has 60 valence electrons. The summed E-state index contributed by atoms with van der Waals surface area (Å²) in [7, 11) is 1.81. The molecule has 0 N–H and O–H groups in total. The van der Waals surface area contributed by atoms with Crippen LogP contribution in [0, 0.1) is 5.41 Å². The first kappa shape index (κ1) is 8.06. The van der Waals surface area contributed by atoms with Crippen LogP contribution in [0.5, 0.6) is 0 Å². The van der Waals surface area contributed by atoms with Gasteiger partial charge in [0.25, 0.3) is 0 Å². The van der Waals surface area contributed by atoms with Gasteiger partial charge in [0.15, 0.2) is 0 Å². The molecule has 0 saturated heterocycles. The Morgan fingerprint density at radius 2 is 1.80 bits per heavy atom. The molecule has 1 saturated carbocycles. The first-order chi connectivity index (χ1) is 4.69. The van der Waals surface area contributed by atoms with E-state index in [4.69, 9.17) is 4.74 Å². The molecule has 1 fully saturated rings. The van der Waals surface area contributed by atoms with Crippen molar-refractivity contribution in [2.45, 2.75) is 45.6 Å². The summed E-state index contributed by atoms with van der Waals surface area (Å²) in [4.78, 5) is 0. The van der Waals surface area contributed by atoms with Crippen LogP contribution in [-0.2, 0) is 4.74 Å². The number of ether oxygens (including phenoxy) is 1. The van der Waals surface area contributed by atoms with E-state index in [2.05, 4.69) is 13.8 Å². The summed E-state index contributed by atoms with van der Waals surface area (Å²) in [5.74, 6) is 0. The lowest BCUT2D eigenvalue weighted by atomic mass is 9.83. The molecule has 1 aliphatic rings. The number of hydrogen-bond acceptors (Lipinski definition) is 1. The molecule has 1 aliphatic carbocycles. The third kappa shape index (κ3) is 1.34. The predicted molar refractivity (Wildman–Crippen MR) is 43.0 cm³/mol. The molecular weight excluding hydrogens is 124 g/mol.